The predicted octanol–water partition coefficient (Wildman–Crippen LogP) is 5.62. The number of alkyl halides is 3. The maximum absolute atomic E-state index is 14.2. The van der Waals surface area contributed by atoms with Crippen LogP contribution in [0.3, 0.4) is 0 Å². The van der Waals surface area contributed by atoms with E-state index in [2.05, 4.69) is 0 Å². The molecule has 2 aromatic rings. The Morgan fingerprint density at radius 2 is 1.04 bits per heavy atom. The zero-order valence-electron chi connectivity index (χ0n) is 13.4. The van der Waals surface area contributed by atoms with E-state index in [0.29, 0.717) is 0 Å². The molecule has 0 fully saturated rings. The number of rotatable bonds is 4. The molecule has 2 aromatic carbocycles. The van der Waals surface area contributed by atoms with Gasteiger partial charge < -0.3 is 4.43 Å². The van der Waals surface area contributed by atoms with Gasteiger partial charge >= 0.3 is 6.18 Å². The average Bonchev–Trinajstić information content (AvgIpc) is 2.44. The highest BCUT2D eigenvalue weighted by molar-refractivity contribution is 6.69. The van der Waals surface area contributed by atoms with E-state index in [0.717, 1.165) is 48.5 Å². The van der Waals surface area contributed by atoms with Crippen LogP contribution in [0.4, 0.5) is 22.0 Å². The summed E-state index contributed by atoms with van der Waals surface area (Å²) in [4.78, 5) is 0. The molecule has 0 radical (unpaired) electrons. The predicted molar refractivity (Wildman–Crippen MR) is 84.1 cm³/mol. The minimum absolute atomic E-state index is 0.245. The normalized spacial score (nSPS) is 13.2. The van der Waals surface area contributed by atoms with Crippen molar-refractivity contribution in [3.8, 4) is 0 Å². The van der Waals surface area contributed by atoms with Crippen LogP contribution in [0.2, 0.25) is 19.6 Å². The fourth-order valence-electron chi connectivity index (χ4n) is 2.50. The Balaban J connectivity index is 2.78. The molecule has 0 aliphatic carbocycles. The largest absolute Gasteiger partial charge is 0.425 e. The second-order valence-corrected chi connectivity index (χ2v) is 10.8. The molecular formula is C17H17F5OSi. The first kappa shape index (κ1) is 18.6. The number of hydrogen-bond acceptors (Lipinski definition) is 1. The lowest BCUT2D eigenvalue weighted by Gasteiger charge is -2.41. The maximum Gasteiger partial charge on any atom is 0.425 e. The molecule has 0 amide bonds. The van der Waals surface area contributed by atoms with Gasteiger partial charge in [0.25, 0.3) is 0 Å². The highest BCUT2D eigenvalue weighted by atomic mass is 28.4. The van der Waals surface area contributed by atoms with E-state index in [-0.39, 0.29) is 11.1 Å². The monoisotopic (exact) mass is 360 g/mol. The topological polar surface area (TPSA) is 9.23 Å². The van der Waals surface area contributed by atoms with Crippen molar-refractivity contribution in [3.63, 3.8) is 0 Å². The molecule has 24 heavy (non-hydrogen) atoms. The Kier molecular flexibility index (Phi) is 4.88. The molecule has 2 rings (SSSR count). The van der Waals surface area contributed by atoms with Gasteiger partial charge in [0, 0.05) is 0 Å². The van der Waals surface area contributed by atoms with Crippen LogP contribution in [0, 0.1) is 11.6 Å². The van der Waals surface area contributed by atoms with Crippen molar-refractivity contribution in [2.24, 2.45) is 0 Å². The minimum Gasteiger partial charge on any atom is -0.397 e. The molecule has 0 bridgehead atoms. The molecule has 0 saturated heterocycles. The molecule has 0 unspecified atom stereocenters. The molecule has 0 aliphatic heterocycles. The Morgan fingerprint density at radius 3 is 1.29 bits per heavy atom. The molecule has 7 heteroatoms. The van der Waals surface area contributed by atoms with Crippen LogP contribution < -0.4 is 0 Å². The van der Waals surface area contributed by atoms with E-state index in [9.17, 15) is 22.0 Å². The summed E-state index contributed by atoms with van der Waals surface area (Å²) >= 11 is 0. The van der Waals surface area contributed by atoms with Gasteiger partial charge in [0.15, 0.2) is 8.32 Å². The number of halogens is 5. The van der Waals surface area contributed by atoms with Crippen molar-refractivity contribution in [3.05, 3.63) is 71.3 Å². The van der Waals surface area contributed by atoms with Crippen LogP contribution in [-0.4, -0.2) is 14.5 Å². The van der Waals surface area contributed by atoms with Crippen molar-refractivity contribution >= 4 is 8.32 Å². The molecule has 0 aliphatic rings. The number of hydrogen-bond donors (Lipinski definition) is 0. The van der Waals surface area contributed by atoms with Crippen molar-refractivity contribution in [2.75, 3.05) is 0 Å². The highest BCUT2D eigenvalue weighted by Crippen LogP contribution is 2.49. The van der Waals surface area contributed by atoms with Crippen molar-refractivity contribution in [1.82, 2.24) is 0 Å². The van der Waals surface area contributed by atoms with Crippen LogP contribution in [0.15, 0.2) is 48.5 Å². The van der Waals surface area contributed by atoms with Crippen molar-refractivity contribution < 1.29 is 26.4 Å². The maximum atomic E-state index is 14.2. The van der Waals surface area contributed by atoms with Crippen LogP contribution in [0.25, 0.3) is 0 Å². The van der Waals surface area contributed by atoms with Gasteiger partial charge in [0.2, 0.25) is 5.60 Å². The van der Waals surface area contributed by atoms with Gasteiger partial charge in [-0.15, -0.1) is 0 Å². The van der Waals surface area contributed by atoms with Crippen LogP contribution in [0.5, 0.6) is 0 Å². The zero-order valence-corrected chi connectivity index (χ0v) is 14.4. The summed E-state index contributed by atoms with van der Waals surface area (Å²) in [6.45, 7) is 4.88. The summed E-state index contributed by atoms with van der Waals surface area (Å²) in [5, 5.41) is 0. The summed E-state index contributed by atoms with van der Waals surface area (Å²) in [7, 11) is -2.70. The highest BCUT2D eigenvalue weighted by Gasteiger charge is 2.60. The second-order valence-electron chi connectivity index (χ2n) is 6.41. The lowest BCUT2D eigenvalue weighted by Crippen LogP contribution is -2.51. The van der Waals surface area contributed by atoms with E-state index in [4.69, 9.17) is 4.43 Å². The van der Waals surface area contributed by atoms with Crippen molar-refractivity contribution in [1.29, 1.82) is 0 Å². The van der Waals surface area contributed by atoms with Crippen LogP contribution in [-0.2, 0) is 10.0 Å². The first-order valence-electron chi connectivity index (χ1n) is 7.25. The summed E-state index contributed by atoms with van der Waals surface area (Å²) in [6, 6.07) is 8.00. The first-order valence-corrected chi connectivity index (χ1v) is 10.7. The van der Waals surface area contributed by atoms with Gasteiger partial charge in [0.1, 0.15) is 11.6 Å². The van der Waals surface area contributed by atoms with E-state index < -0.39 is 31.7 Å². The average molecular weight is 360 g/mol. The number of benzene rings is 2. The molecule has 0 N–H and O–H groups in total. The summed E-state index contributed by atoms with van der Waals surface area (Å²) in [6.07, 6.45) is -4.82. The smallest absolute Gasteiger partial charge is 0.397 e. The third-order valence-electron chi connectivity index (χ3n) is 3.36. The van der Waals surface area contributed by atoms with Gasteiger partial charge in [-0.05, 0) is 55.0 Å². The molecule has 0 heterocycles. The van der Waals surface area contributed by atoms with Gasteiger partial charge in [-0.2, -0.15) is 13.2 Å². The fraction of sp³-hybridized carbons (Fsp3) is 0.294. The Labute approximate surface area is 138 Å². The van der Waals surface area contributed by atoms with Crippen molar-refractivity contribution in [2.45, 2.75) is 31.4 Å². The summed E-state index contributed by atoms with van der Waals surface area (Å²) in [5.74, 6) is -1.30. The fourth-order valence-corrected chi connectivity index (χ4v) is 3.77. The van der Waals surface area contributed by atoms with Crippen LogP contribution >= 0.6 is 0 Å². The third kappa shape index (κ3) is 3.67. The molecule has 130 valence electrons. The Bertz CT molecular complexity index is 641. The molecule has 0 spiro atoms. The molecule has 0 atom stereocenters. The second kappa shape index (κ2) is 6.29. The lowest BCUT2D eigenvalue weighted by atomic mass is 9.85. The first-order chi connectivity index (χ1) is 11.0. The van der Waals surface area contributed by atoms with E-state index in [1.54, 1.807) is 19.6 Å². The minimum atomic E-state index is -4.82. The van der Waals surface area contributed by atoms with E-state index in [1.165, 1.54) is 0 Å². The standard InChI is InChI=1S/C17H17F5OSi/c1-24(2,3)23-16(17(20,21)22,12-4-8-14(18)9-5-12)13-6-10-15(19)11-7-13/h4-11H,1-3H3. The van der Waals surface area contributed by atoms with Gasteiger partial charge in [-0.3, -0.25) is 0 Å². The van der Waals surface area contributed by atoms with Gasteiger partial charge in [-0.1, -0.05) is 24.3 Å². The molecule has 0 saturated carbocycles. The zero-order chi connectivity index (χ0) is 18.2. The summed E-state index contributed by atoms with van der Waals surface area (Å²) in [5.41, 5.74) is -3.27. The van der Waals surface area contributed by atoms with Gasteiger partial charge in [0.05, 0.1) is 0 Å². The Hall–Kier alpha value is -1.73. The molecule has 0 aromatic heterocycles. The van der Waals surface area contributed by atoms with Crippen LogP contribution in [0.1, 0.15) is 11.1 Å². The SMILES string of the molecule is C[Si](C)(C)OC(c1ccc(F)cc1)(c1ccc(F)cc1)C(F)(F)F. The summed E-state index contributed by atoms with van der Waals surface area (Å²) < 4.78 is 74.6. The molecule has 1 nitrogen and oxygen atoms in total. The van der Waals surface area contributed by atoms with E-state index in [1.807, 2.05) is 0 Å². The van der Waals surface area contributed by atoms with Gasteiger partial charge in [-0.25, -0.2) is 8.78 Å². The Morgan fingerprint density at radius 1 is 0.708 bits per heavy atom. The third-order valence-corrected chi connectivity index (χ3v) is 4.28. The van der Waals surface area contributed by atoms with E-state index >= 15 is 0 Å². The molecular weight excluding hydrogens is 343 g/mol. The quantitative estimate of drug-likeness (QED) is 0.508. The lowest BCUT2D eigenvalue weighted by molar-refractivity contribution is -0.240.